The number of phosphoric acid groups is 2. The van der Waals surface area contributed by atoms with Crippen LogP contribution >= 0.6 is 15.6 Å². The van der Waals surface area contributed by atoms with Crippen molar-refractivity contribution in [2.75, 3.05) is 39.6 Å². The minimum Gasteiger partial charge on any atom is -0.462 e. The van der Waals surface area contributed by atoms with Crippen LogP contribution in [0.3, 0.4) is 0 Å². The number of rotatable bonds is 78. The highest BCUT2D eigenvalue weighted by atomic mass is 31.2. The van der Waals surface area contributed by atoms with Gasteiger partial charge in [0.2, 0.25) is 0 Å². The molecule has 0 amide bonds. The first-order valence-electron chi connectivity index (χ1n) is 41.0. The molecule has 3 N–H and O–H groups in total. The number of aliphatic hydroxyl groups is 1. The molecule has 98 heavy (non-hydrogen) atoms. The van der Waals surface area contributed by atoms with Gasteiger partial charge in [-0.15, -0.1) is 0 Å². The molecule has 0 bridgehead atoms. The molecule has 0 aromatic carbocycles. The Morgan fingerprint density at radius 1 is 0.276 bits per heavy atom. The number of hydrogen-bond acceptors (Lipinski definition) is 15. The van der Waals surface area contributed by atoms with Gasteiger partial charge in [0.15, 0.2) is 12.2 Å². The van der Waals surface area contributed by atoms with Gasteiger partial charge in [-0.2, -0.15) is 0 Å². The second-order valence-electron chi connectivity index (χ2n) is 29.4. The molecule has 582 valence electrons. The van der Waals surface area contributed by atoms with E-state index in [1.165, 1.54) is 225 Å². The van der Waals surface area contributed by atoms with E-state index in [0.717, 1.165) is 102 Å². The van der Waals surface area contributed by atoms with Crippen molar-refractivity contribution in [3.8, 4) is 0 Å². The Morgan fingerprint density at radius 2 is 0.469 bits per heavy atom. The van der Waals surface area contributed by atoms with Crippen LogP contribution in [0, 0.1) is 11.8 Å². The summed E-state index contributed by atoms with van der Waals surface area (Å²) in [6.07, 6.45) is 59.8. The number of unbranched alkanes of at least 4 members (excludes halogenated alkanes) is 48. The van der Waals surface area contributed by atoms with E-state index in [1.807, 2.05) is 0 Å². The van der Waals surface area contributed by atoms with Gasteiger partial charge in [-0.25, -0.2) is 9.13 Å². The number of ether oxygens (including phenoxy) is 4. The van der Waals surface area contributed by atoms with Crippen LogP contribution in [-0.2, 0) is 65.4 Å². The largest absolute Gasteiger partial charge is 0.472 e. The lowest BCUT2D eigenvalue weighted by Gasteiger charge is -2.21. The van der Waals surface area contributed by atoms with Gasteiger partial charge in [-0.05, 0) is 37.5 Å². The molecule has 0 aromatic rings. The number of hydrogen-bond donors (Lipinski definition) is 3. The van der Waals surface area contributed by atoms with Crippen molar-refractivity contribution in [3.05, 3.63) is 0 Å². The molecule has 0 aliphatic heterocycles. The molecule has 0 saturated carbocycles. The fraction of sp³-hybridized carbons (Fsp3) is 0.949. The van der Waals surface area contributed by atoms with Gasteiger partial charge in [-0.1, -0.05) is 363 Å². The van der Waals surface area contributed by atoms with E-state index >= 15 is 0 Å². The summed E-state index contributed by atoms with van der Waals surface area (Å²) < 4.78 is 68.6. The second-order valence-corrected chi connectivity index (χ2v) is 32.3. The van der Waals surface area contributed by atoms with Crippen molar-refractivity contribution >= 4 is 39.5 Å². The molecule has 17 nitrogen and oxygen atoms in total. The normalized spacial score (nSPS) is 13.9. The first kappa shape index (κ1) is 96.1. The highest BCUT2D eigenvalue weighted by molar-refractivity contribution is 7.47. The van der Waals surface area contributed by atoms with E-state index in [2.05, 4.69) is 41.5 Å². The van der Waals surface area contributed by atoms with Crippen molar-refractivity contribution in [3.63, 3.8) is 0 Å². The van der Waals surface area contributed by atoms with Crippen LogP contribution in [0.1, 0.15) is 414 Å². The van der Waals surface area contributed by atoms with Crippen molar-refractivity contribution in [1.29, 1.82) is 0 Å². The average molecular weight is 1440 g/mol. The molecule has 2 unspecified atom stereocenters. The Bertz CT molecular complexity index is 1890. The lowest BCUT2D eigenvalue weighted by molar-refractivity contribution is -0.161. The van der Waals surface area contributed by atoms with Crippen LogP contribution < -0.4 is 0 Å². The molecule has 0 saturated heterocycles. The zero-order valence-electron chi connectivity index (χ0n) is 64.1. The van der Waals surface area contributed by atoms with Gasteiger partial charge in [0, 0.05) is 25.7 Å². The molecular weight excluding hydrogens is 1280 g/mol. The van der Waals surface area contributed by atoms with Crippen molar-refractivity contribution in [2.45, 2.75) is 432 Å². The third-order valence-corrected chi connectivity index (χ3v) is 20.4. The quantitative estimate of drug-likeness (QED) is 0.0222. The average Bonchev–Trinajstić information content (AvgIpc) is 2.09. The number of aliphatic hydroxyl groups excluding tert-OH is 1. The third kappa shape index (κ3) is 72.4. The second kappa shape index (κ2) is 70.7. The fourth-order valence-electron chi connectivity index (χ4n) is 12.2. The summed E-state index contributed by atoms with van der Waals surface area (Å²) in [5.41, 5.74) is 0. The van der Waals surface area contributed by atoms with E-state index in [0.29, 0.717) is 31.6 Å². The molecule has 5 atom stereocenters. The van der Waals surface area contributed by atoms with E-state index in [9.17, 15) is 43.2 Å². The SMILES string of the molecule is CCCCCCCCCCCCCCCCCCCCCC(=O)O[C@H](COC(=O)CCCCCCCCCCCCCCC(C)C)COP(=O)(O)OC[C@@H](O)COP(=O)(O)OC[C@@H](COC(=O)CCCCCCCCC(C)C)OC(=O)CCCCCCCCCCCCCCCCC. The first-order chi connectivity index (χ1) is 47.4. The number of phosphoric ester groups is 2. The maximum atomic E-state index is 13.1. The molecule has 0 aromatic heterocycles. The van der Waals surface area contributed by atoms with Crippen LogP contribution in [0.5, 0.6) is 0 Å². The van der Waals surface area contributed by atoms with Crippen LogP contribution in [0.15, 0.2) is 0 Å². The summed E-state index contributed by atoms with van der Waals surface area (Å²) in [5, 5.41) is 10.6. The van der Waals surface area contributed by atoms with Gasteiger partial charge >= 0.3 is 39.5 Å². The van der Waals surface area contributed by atoms with Crippen molar-refractivity contribution in [2.24, 2.45) is 11.8 Å². The van der Waals surface area contributed by atoms with E-state index in [1.54, 1.807) is 0 Å². The zero-order chi connectivity index (χ0) is 72.1. The van der Waals surface area contributed by atoms with Gasteiger partial charge in [-0.3, -0.25) is 37.3 Å². The van der Waals surface area contributed by atoms with Gasteiger partial charge in [0.05, 0.1) is 26.4 Å². The Morgan fingerprint density at radius 3 is 0.694 bits per heavy atom. The molecular formula is C79H154O17P2. The molecule has 0 rings (SSSR count). The summed E-state index contributed by atoms with van der Waals surface area (Å²) in [7, 11) is -9.92. The van der Waals surface area contributed by atoms with Gasteiger partial charge in [0.1, 0.15) is 19.3 Å². The van der Waals surface area contributed by atoms with Crippen LogP contribution in [0.2, 0.25) is 0 Å². The molecule has 19 heteroatoms. The standard InChI is InChI=1S/C79H154O17P2/c1-7-9-11-13-15-17-19-21-23-24-25-26-28-30-36-40-44-52-58-63-78(83)95-74(67-89-76(81)61-55-49-42-38-34-32-31-33-37-41-47-53-59-71(3)4)69-93-97(85,86)91-65-73(80)66-92-98(87,88)94-70-75(68-90-77(82)62-56-50-46-45-48-54-60-72(5)6)96-79(84)64-57-51-43-39-35-29-27-22-20-18-16-14-12-10-8-2/h71-75,80H,7-70H2,1-6H3,(H,85,86)(H,87,88)/t73-,74-,75-/m1/s1. The maximum Gasteiger partial charge on any atom is 0.472 e. The Balaban J connectivity index is 5.22. The molecule has 0 radical (unpaired) electrons. The molecule has 0 fully saturated rings. The summed E-state index contributed by atoms with van der Waals surface area (Å²) >= 11 is 0. The van der Waals surface area contributed by atoms with Crippen LogP contribution in [0.25, 0.3) is 0 Å². The van der Waals surface area contributed by atoms with E-state index < -0.39 is 97.5 Å². The topological polar surface area (TPSA) is 237 Å². The monoisotopic (exact) mass is 1440 g/mol. The van der Waals surface area contributed by atoms with Crippen molar-refractivity contribution < 1.29 is 80.2 Å². The van der Waals surface area contributed by atoms with E-state index in [-0.39, 0.29) is 25.7 Å². The summed E-state index contributed by atoms with van der Waals surface area (Å²) in [6.45, 7) is 9.55. The molecule has 0 spiro atoms. The first-order valence-corrected chi connectivity index (χ1v) is 44.0. The Kier molecular flexibility index (Phi) is 69.3. The van der Waals surface area contributed by atoms with Crippen LogP contribution in [0.4, 0.5) is 0 Å². The summed E-state index contributed by atoms with van der Waals surface area (Å²) in [6, 6.07) is 0. The van der Waals surface area contributed by atoms with Gasteiger partial charge in [0.25, 0.3) is 0 Å². The third-order valence-electron chi connectivity index (χ3n) is 18.5. The summed E-state index contributed by atoms with van der Waals surface area (Å²) in [5.74, 6) is -0.651. The number of carbonyl (C=O) groups excluding carboxylic acids is 4. The predicted octanol–water partition coefficient (Wildman–Crippen LogP) is 23.5. The molecule has 0 heterocycles. The lowest BCUT2D eigenvalue weighted by atomic mass is 10.0. The fourth-order valence-corrected chi connectivity index (χ4v) is 13.8. The smallest absolute Gasteiger partial charge is 0.462 e. The van der Waals surface area contributed by atoms with Gasteiger partial charge < -0.3 is 33.8 Å². The van der Waals surface area contributed by atoms with Crippen LogP contribution in [-0.4, -0.2) is 96.7 Å². The van der Waals surface area contributed by atoms with E-state index in [4.69, 9.17) is 37.0 Å². The highest BCUT2D eigenvalue weighted by Gasteiger charge is 2.30. The minimum atomic E-state index is -4.96. The number of carbonyl (C=O) groups is 4. The molecule has 0 aliphatic carbocycles. The number of esters is 4. The lowest BCUT2D eigenvalue weighted by Crippen LogP contribution is -2.30. The zero-order valence-corrected chi connectivity index (χ0v) is 65.9. The summed E-state index contributed by atoms with van der Waals surface area (Å²) in [4.78, 5) is 72.9. The predicted molar refractivity (Wildman–Crippen MR) is 400 cm³/mol. The van der Waals surface area contributed by atoms with Crippen molar-refractivity contribution in [1.82, 2.24) is 0 Å². The highest BCUT2D eigenvalue weighted by Crippen LogP contribution is 2.45. The Hall–Kier alpha value is -1.94. The molecule has 0 aliphatic rings. The Labute approximate surface area is 600 Å². The maximum absolute atomic E-state index is 13.1. The minimum absolute atomic E-state index is 0.107.